The van der Waals surface area contributed by atoms with Gasteiger partial charge in [0.1, 0.15) is 11.8 Å². The van der Waals surface area contributed by atoms with Crippen molar-refractivity contribution in [3.05, 3.63) is 22.5 Å². The predicted molar refractivity (Wildman–Crippen MR) is 47.0 cm³/mol. The van der Waals surface area contributed by atoms with Crippen LogP contribution in [0.1, 0.15) is 16.2 Å². The molecule has 0 saturated carbocycles. The Hall–Kier alpha value is -1.80. The van der Waals surface area contributed by atoms with E-state index in [4.69, 9.17) is 16.9 Å². The number of hydrogen-bond donors (Lipinski definition) is 1. The van der Waals surface area contributed by atoms with Crippen molar-refractivity contribution in [2.24, 2.45) is 0 Å². The molecule has 0 aromatic carbocycles. The highest BCUT2D eigenvalue weighted by molar-refractivity contribution is 6.31. The van der Waals surface area contributed by atoms with E-state index in [0.717, 1.165) is 13.2 Å². The fraction of sp³-hybridized carbons (Fsp3) is 0.125. The summed E-state index contributed by atoms with van der Waals surface area (Å²) in [6, 6.07) is 2.75. The van der Waals surface area contributed by atoms with Crippen LogP contribution in [0.15, 0.2) is 6.07 Å². The zero-order chi connectivity index (χ0) is 10.7. The van der Waals surface area contributed by atoms with E-state index in [1.807, 2.05) is 0 Å². The van der Waals surface area contributed by atoms with Crippen LogP contribution in [0.2, 0.25) is 5.02 Å². The molecule has 0 bridgehead atoms. The summed E-state index contributed by atoms with van der Waals surface area (Å²) >= 11 is 5.55. The Kier molecular flexibility index (Phi) is 2.89. The summed E-state index contributed by atoms with van der Waals surface area (Å²) in [6.07, 6.45) is 0. The van der Waals surface area contributed by atoms with Crippen LogP contribution in [0, 0.1) is 11.3 Å². The molecule has 0 atom stereocenters. The topological polar surface area (TPSA) is 83.2 Å². The van der Waals surface area contributed by atoms with Gasteiger partial charge in [-0.15, -0.1) is 0 Å². The van der Waals surface area contributed by atoms with E-state index in [1.54, 1.807) is 6.07 Å². The Labute approximate surface area is 84.5 Å². The highest BCUT2D eigenvalue weighted by Gasteiger charge is 2.16. The minimum atomic E-state index is -0.823. The van der Waals surface area contributed by atoms with E-state index in [9.17, 15) is 9.90 Å². The molecule has 0 amide bonds. The molecule has 1 N–H and O–H groups in total. The monoisotopic (exact) mass is 212 g/mol. The van der Waals surface area contributed by atoms with Crippen LogP contribution < -0.4 is 0 Å². The second-order valence-corrected chi connectivity index (χ2v) is 2.70. The molecular weight excluding hydrogens is 208 g/mol. The van der Waals surface area contributed by atoms with Gasteiger partial charge in [0.15, 0.2) is 11.4 Å². The number of rotatable bonds is 1. The van der Waals surface area contributed by atoms with E-state index in [-0.39, 0.29) is 16.4 Å². The van der Waals surface area contributed by atoms with Crippen molar-refractivity contribution in [2.45, 2.75) is 0 Å². The number of carbonyl (C=O) groups excluding carboxylic acids is 1. The van der Waals surface area contributed by atoms with Crippen molar-refractivity contribution in [3.8, 4) is 11.8 Å². The van der Waals surface area contributed by atoms with Gasteiger partial charge in [0.05, 0.1) is 12.1 Å². The van der Waals surface area contributed by atoms with Gasteiger partial charge in [-0.25, -0.2) is 9.78 Å². The number of halogens is 1. The summed E-state index contributed by atoms with van der Waals surface area (Å²) in [5, 5.41) is 17.8. The van der Waals surface area contributed by atoms with Gasteiger partial charge >= 0.3 is 5.97 Å². The van der Waals surface area contributed by atoms with Crippen LogP contribution in [0.3, 0.4) is 0 Å². The van der Waals surface area contributed by atoms with Crippen molar-refractivity contribution in [2.75, 3.05) is 7.11 Å². The molecule has 0 fully saturated rings. The molecule has 0 aliphatic heterocycles. The summed E-state index contributed by atoms with van der Waals surface area (Å²) in [7, 11) is 1.14. The van der Waals surface area contributed by atoms with E-state index in [0.29, 0.717) is 0 Å². The van der Waals surface area contributed by atoms with Crippen molar-refractivity contribution in [1.82, 2.24) is 4.98 Å². The second-order valence-electron chi connectivity index (χ2n) is 2.29. The summed E-state index contributed by atoms with van der Waals surface area (Å²) < 4.78 is 4.34. The summed E-state index contributed by atoms with van der Waals surface area (Å²) in [5.41, 5.74) is -0.460. The van der Waals surface area contributed by atoms with Gasteiger partial charge < -0.3 is 9.84 Å². The number of hydrogen-bond acceptors (Lipinski definition) is 5. The van der Waals surface area contributed by atoms with Crippen molar-refractivity contribution < 1.29 is 14.6 Å². The molecule has 0 unspecified atom stereocenters. The van der Waals surface area contributed by atoms with Crippen LogP contribution in [0.25, 0.3) is 0 Å². The average molecular weight is 213 g/mol. The third-order valence-electron chi connectivity index (χ3n) is 1.44. The standard InChI is InChI=1S/C8H5ClN2O3/c1-14-8(13)7-6(12)2-4(9)5(3-10)11-7/h2,12H,1H3. The third kappa shape index (κ3) is 1.75. The van der Waals surface area contributed by atoms with Crippen LogP contribution in [-0.4, -0.2) is 23.2 Å². The highest BCUT2D eigenvalue weighted by atomic mass is 35.5. The lowest BCUT2D eigenvalue weighted by atomic mass is 10.3. The molecule has 0 aliphatic carbocycles. The fourth-order valence-electron chi connectivity index (χ4n) is 0.805. The first-order chi connectivity index (χ1) is 6.60. The lowest BCUT2D eigenvalue weighted by molar-refractivity contribution is 0.0590. The molecule has 1 heterocycles. The molecule has 14 heavy (non-hydrogen) atoms. The maximum atomic E-state index is 11.0. The highest BCUT2D eigenvalue weighted by Crippen LogP contribution is 2.23. The molecule has 0 radical (unpaired) electrons. The average Bonchev–Trinajstić information content (AvgIpc) is 2.17. The Bertz CT molecular complexity index is 425. The van der Waals surface area contributed by atoms with E-state index < -0.39 is 11.7 Å². The Morgan fingerprint density at radius 3 is 2.93 bits per heavy atom. The molecule has 0 aliphatic rings. The number of methoxy groups -OCH3 is 1. The van der Waals surface area contributed by atoms with Crippen LogP contribution in [0.4, 0.5) is 0 Å². The van der Waals surface area contributed by atoms with Crippen LogP contribution in [-0.2, 0) is 4.74 Å². The number of pyridine rings is 1. The second kappa shape index (κ2) is 3.94. The molecular formula is C8H5ClN2O3. The smallest absolute Gasteiger partial charge is 0.360 e. The van der Waals surface area contributed by atoms with Gasteiger partial charge in [-0.3, -0.25) is 0 Å². The largest absolute Gasteiger partial charge is 0.505 e. The van der Waals surface area contributed by atoms with Gasteiger partial charge in [-0.1, -0.05) is 11.6 Å². The molecule has 6 heteroatoms. The van der Waals surface area contributed by atoms with Gasteiger partial charge in [0.25, 0.3) is 0 Å². The number of nitriles is 1. The molecule has 1 aromatic heterocycles. The Balaban J connectivity index is 3.33. The number of carbonyl (C=O) groups is 1. The van der Waals surface area contributed by atoms with Crippen molar-refractivity contribution in [3.63, 3.8) is 0 Å². The molecule has 1 aromatic rings. The first-order valence-electron chi connectivity index (χ1n) is 3.48. The quantitative estimate of drug-likeness (QED) is 0.705. The summed E-state index contributed by atoms with van der Waals surface area (Å²) in [6.45, 7) is 0. The summed E-state index contributed by atoms with van der Waals surface area (Å²) in [5.74, 6) is -1.24. The van der Waals surface area contributed by atoms with Gasteiger partial charge in [0.2, 0.25) is 0 Å². The molecule has 0 spiro atoms. The first kappa shape index (κ1) is 10.3. The zero-order valence-electron chi connectivity index (χ0n) is 7.11. The number of nitrogens with zero attached hydrogens (tertiary/aromatic N) is 2. The molecule has 5 nitrogen and oxygen atoms in total. The zero-order valence-corrected chi connectivity index (χ0v) is 7.87. The molecule has 72 valence electrons. The Morgan fingerprint density at radius 1 is 1.79 bits per heavy atom. The fourth-order valence-corrected chi connectivity index (χ4v) is 0.992. The number of esters is 1. The van der Waals surface area contributed by atoms with Gasteiger partial charge in [0, 0.05) is 6.07 Å². The number of aromatic hydroxyl groups is 1. The number of aromatic nitrogens is 1. The molecule has 0 saturated heterocycles. The number of ether oxygens (including phenoxy) is 1. The normalized spacial score (nSPS) is 9.21. The SMILES string of the molecule is COC(=O)c1nc(C#N)c(Cl)cc1O. The van der Waals surface area contributed by atoms with E-state index >= 15 is 0 Å². The minimum Gasteiger partial charge on any atom is -0.505 e. The summed E-state index contributed by atoms with van der Waals surface area (Å²) in [4.78, 5) is 14.6. The van der Waals surface area contributed by atoms with E-state index in [2.05, 4.69) is 9.72 Å². The van der Waals surface area contributed by atoms with Crippen molar-refractivity contribution >= 4 is 17.6 Å². The lowest BCUT2D eigenvalue weighted by Gasteiger charge is -2.02. The van der Waals surface area contributed by atoms with Crippen LogP contribution in [0.5, 0.6) is 5.75 Å². The molecule has 1 rings (SSSR count). The lowest BCUT2D eigenvalue weighted by Crippen LogP contribution is -2.06. The minimum absolute atomic E-state index is 0.0161. The maximum Gasteiger partial charge on any atom is 0.360 e. The predicted octanol–water partition coefficient (Wildman–Crippen LogP) is 1.10. The van der Waals surface area contributed by atoms with Crippen molar-refractivity contribution in [1.29, 1.82) is 5.26 Å². The van der Waals surface area contributed by atoms with E-state index in [1.165, 1.54) is 0 Å². The maximum absolute atomic E-state index is 11.0. The Morgan fingerprint density at radius 2 is 2.43 bits per heavy atom. The van der Waals surface area contributed by atoms with Gasteiger partial charge in [-0.05, 0) is 0 Å². The first-order valence-corrected chi connectivity index (χ1v) is 3.86. The van der Waals surface area contributed by atoms with Crippen LogP contribution >= 0.6 is 11.6 Å². The van der Waals surface area contributed by atoms with Gasteiger partial charge in [-0.2, -0.15) is 5.26 Å². The third-order valence-corrected chi connectivity index (χ3v) is 1.73.